The maximum Gasteiger partial charge on any atom is 0.415 e. The summed E-state index contributed by atoms with van der Waals surface area (Å²) in [5.41, 5.74) is 0. The summed E-state index contributed by atoms with van der Waals surface area (Å²) in [6.45, 7) is 6.74. The van der Waals surface area contributed by atoms with Crippen molar-refractivity contribution in [1.29, 1.82) is 0 Å². The fourth-order valence-corrected chi connectivity index (χ4v) is 2.89. The molecule has 8 heteroatoms. The Labute approximate surface area is 159 Å². The Morgan fingerprint density at radius 1 is 1.00 bits per heavy atom. The largest absolute Gasteiger partial charge is 0.415 e. The van der Waals surface area contributed by atoms with Gasteiger partial charge in [0, 0.05) is 0 Å². The van der Waals surface area contributed by atoms with Crippen LogP contribution in [0, 0.1) is 0 Å². The predicted octanol–water partition coefficient (Wildman–Crippen LogP) is 3.65. The molecule has 156 valence electrons. The van der Waals surface area contributed by atoms with Crippen LogP contribution in [0.3, 0.4) is 0 Å². The Hall–Kier alpha value is -0.510. The van der Waals surface area contributed by atoms with Gasteiger partial charge >= 0.3 is 10.4 Å². The fourth-order valence-electron chi connectivity index (χ4n) is 2.56. The summed E-state index contributed by atoms with van der Waals surface area (Å²) in [7, 11) is -4.12. The van der Waals surface area contributed by atoms with Crippen LogP contribution in [-0.4, -0.2) is 40.9 Å². The maximum atomic E-state index is 10.9. The van der Waals surface area contributed by atoms with Gasteiger partial charge in [-0.3, -0.25) is 0 Å². The van der Waals surface area contributed by atoms with Gasteiger partial charge in [0.15, 0.2) is 0 Å². The minimum Gasteiger partial charge on any atom is -0.375 e. The molecule has 0 radical (unpaired) electrons. The monoisotopic (exact) mass is 395 g/mol. The van der Waals surface area contributed by atoms with Gasteiger partial charge in [-0.1, -0.05) is 70.8 Å². The van der Waals surface area contributed by atoms with Crippen molar-refractivity contribution in [3.05, 3.63) is 12.7 Å². The second kappa shape index (κ2) is 17.9. The van der Waals surface area contributed by atoms with Crippen LogP contribution >= 0.6 is 0 Å². The number of unbranched alkanes of at least 4 members (excludes halogenated alkanes) is 8. The molecule has 0 aliphatic carbocycles. The van der Waals surface area contributed by atoms with Crippen LogP contribution in [0.4, 0.5) is 0 Å². The van der Waals surface area contributed by atoms with Crippen molar-refractivity contribution in [1.82, 2.24) is 0 Å². The van der Waals surface area contributed by atoms with Gasteiger partial charge in [-0.05, 0) is 6.42 Å². The first-order valence-electron chi connectivity index (χ1n) is 9.63. The molecule has 0 spiro atoms. The van der Waals surface area contributed by atoms with Crippen molar-refractivity contribution < 1.29 is 26.4 Å². The van der Waals surface area contributed by atoms with E-state index in [0.717, 1.165) is 12.8 Å². The third-order valence-corrected chi connectivity index (χ3v) is 4.64. The fraction of sp³-hybridized carbons (Fsp3) is 0.889. The third kappa shape index (κ3) is 16.9. The summed E-state index contributed by atoms with van der Waals surface area (Å²) >= 11 is 0. The van der Waals surface area contributed by atoms with Gasteiger partial charge in [-0.15, -0.1) is 6.58 Å². The molecule has 0 aromatic heterocycles. The lowest BCUT2D eigenvalue weighted by Crippen LogP contribution is -2.24. The van der Waals surface area contributed by atoms with Crippen molar-refractivity contribution in [2.24, 2.45) is 5.90 Å². The number of ether oxygens (including phenoxy) is 2. The summed E-state index contributed by atoms with van der Waals surface area (Å²) in [6.07, 6.45) is 13.8. The van der Waals surface area contributed by atoms with Gasteiger partial charge in [-0.25, -0.2) is 4.18 Å². The van der Waals surface area contributed by atoms with Gasteiger partial charge < -0.3 is 9.47 Å². The SMILES string of the molecule is C=CCOCC(CCCCCCCCCCC)OCCOS(=O)(=O)ON. The van der Waals surface area contributed by atoms with Gasteiger partial charge in [0.1, 0.15) is 0 Å². The Morgan fingerprint density at radius 2 is 1.62 bits per heavy atom. The molecule has 0 aromatic carbocycles. The van der Waals surface area contributed by atoms with Crippen molar-refractivity contribution in [2.75, 3.05) is 26.4 Å². The van der Waals surface area contributed by atoms with E-state index < -0.39 is 10.4 Å². The summed E-state index contributed by atoms with van der Waals surface area (Å²) in [5, 5.41) is 0. The second-order valence-electron chi connectivity index (χ2n) is 6.26. The molecule has 0 saturated carbocycles. The van der Waals surface area contributed by atoms with Gasteiger partial charge in [0.05, 0.1) is 32.5 Å². The van der Waals surface area contributed by atoms with Crippen molar-refractivity contribution in [2.45, 2.75) is 77.2 Å². The van der Waals surface area contributed by atoms with Crippen LogP contribution in [0.5, 0.6) is 0 Å². The molecule has 0 aromatic rings. The predicted molar refractivity (Wildman–Crippen MR) is 103 cm³/mol. The van der Waals surface area contributed by atoms with E-state index in [4.69, 9.17) is 9.47 Å². The summed E-state index contributed by atoms with van der Waals surface area (Å²) in [6, 6.07) is 0. The van der Waals surface area contributed by atoms with Crippen molar-refractivity contribution >= 4 is 10.4 Å². The van der Waals surface area contributed by atoms with Crippen LogP contribution in [-0.2, 0) is 28.3 Å². The summed E-state index contributed by atoms with van der Waals surface area (Å²) in [4.78, 5) is 0. The van der Waals surface area contributed by atoms with Gasteiger partial charge in [0.25, 0.3) is 0 Å². The average molecular weight is 396 g/mol. The lowest BCUT2D eigenvalue weighted by molar-refractivity contribution is -0.0250. The van der Waals surface area contributed by atoms with Crippen LogP contribution < -0.4 is 5.90 Å². The minimum absolute atomic E-state index is 0.0930. The highest BCUT2D eigenvalue weighted by molar-refractivity contribution is 7.81. The zero-order chi connectivity index (χ0) is 19.5. The van der Waals surface area contributed by atoms with Crippen LogP contribution in [0.2, 0.25) is 0 Å². The Kier molecular flexibility index (Phi) is 17.5. The Bertz CT molecular complexity index is 416. The molecule has 7 nitrogen and oxygen atoms in total. The van der Waals surface area contributed by atoms with Gasteiger partial charge in [0.2, 0.25) is 0 Å². The normalized spacial score (nSPS) is 13.0. The molecule has 0 amide bonds. The molecule has 1 atom stereocenters. The van der Waals surface area contributed by atoms with E-state index in [-0.39, 0.29) is 19.3 Å². The van der Waals surface area contributed by atoms with E-state index in [1.54, 1.807) is 6.08 Å². The zero-order valence-corrected chi connectivity index (χ0v) is 17.0. The second-order valence-corrected chi connectivity index (χ2v) is 7.51. The standard InChI is InChI=1S/C18H37NO6S/c1-3-5-6-7-8-9-10-11-12-13-18(17-22-14-4-2)23-15-16-24-26(20,21)25-19/h4,18H,2-3,5-17,19H2,1H3. The smallest absolute Gasteiger partial charge is 0.375 e. The molecule has 0 aliphatic rings. The molecule has 0 aliphatic heterocycles. The summed E-state index contributed by atoms with van der Waals surface area (Å²) in [5.74, 6) is 4.59. The third-order valence-electron chi connectivity index (χ3n) is 3.95. The molecular weight excluding hydrogens is 358 g/mol. The minimum atomic E-state index is -4.12. The van der Waals surface area contributed by atoms with Gasteiger partial charge in [-0.2, -0.15) is 18.6 Å². The molecular formula is C18H37NO6S. The first kappa shape index (κ1) is 25.5. The molecule has 2 N–H and O–H groups in total. The van der Waals surface area contributed by atoms with E-state index in [9.17, 15) is 8.42 Å². The number of nitrogens with two attached hydrogens (primary N) is 1. The van der Waals surface area contributed by atoms with E-state index in [1.165, 1.54) is 51.4 Å². The lowest BCUT2D eigenvalue weighted by Gasteiger charge is -2.17. The van der Waals surface area contributed by atoms with Crippen LogP contribution in [0.25, 0.3) is 0 Å². The zero-order valence-electron chi connectivity index (χ0n) is 16.2. The number of hydrogen-bond acceptors (Lipinski definition) is 7. The van der Waals surface area contributed by atoms with Crippen LogP contribution in [0.15, 0.2) is 12.7 Å². The van der Waals surface area contributed by atoms with E-state index in [0.29, 0.717) is 13.2 Å². The average Bonchev–Trinajstić information content (AvgIpc) is 2.63. The Morgan fingerprint density at radius 3 is 2.19 bits per heavy atom. The quantitative estimate of drug-likeness (QED) is 0.191. The topological polar surface area (TPSA) is 97.1 Å². The molecule has 0 saturated heterocycles. The van der Waals surface area contributed by atoms with E-state index in [2.05, 4.69) is 27.9 Å². The number of rotatable bonds is 20. The summed E-state index contributed by atoms with van der Waals surface area (Å²) < 4.78 is 41.2. The molecule has 26 heavy (non-hydrogen) atoms. The van der Waals surface area contributed by atoms with Crippen LogP contribution in [0.1, 0.15) is 71.1 Å². The highest BCUT2D eigenvalue weighted by atomic mass is 32.3. The molecule has 0 fully saturated rings. The first-order chi connectivity index (χ1) is 12.6. The van der Waals surface area contributed by atoms with Crippen molar-refractivity contribution in [3.63, 3.8) is 0 Å². The Balaban J connectivity index is 3.83. The molecule has 0 rings (SSSR count). The maximum absolute atomic E-state index is 10.9. The highest BCUT2D eigenvalue weighted by Crippen LogP contribution is 2.13. The van der Waals surface area contributed by atoms with E-state index >= 15 is 0 Å². The van der Waals surface area contributed by atoms with Crippen molar-refractivity contribution in [3.8, 4) is 0 Å². The molecule has 0 bridgehead atoms. The highest BCUT2D eigenvalue weighted by Gasteiger charge is 2.12. The lowest BCUT2D eigenvalue weighted by atomic mass is 10.1. The van der Waals surface area contributed by atoms with E-state index in [1.807, 2.05) is 0 Å². The molecule has 1 unspecified atom stereocenters. The first-order valence-corrected chi connectivity index (χ1v) is 11.0. The molecule has 0 heterocycles. The number of hydrogen-bond donors (Lipinski definition) is 1.